The molecule has 1 N–H and O–H groups in total. The third kappa shape index (κ3) is 2.45. The second-order valence-electron chi connectivity index (χ2n) is 5.01. The summed E-state index contributed by atoms with van der Waals surface area (Å²) in [6.07, 6.45) is 2.54. The highest BCUT2D eigenvalue weighted by Crippen LogP contribution is 2.26. The molecule has 1 fully saturated rings. The number of anilines is 1. The molecule has 0 unspecified atom stereocenters. The molecule has 2 aliphatic rings. The lowest BCUT2D eigenvalue weighted by atomic mass is 10.0. The number of nitrogens with zero attached hydrogens (tertiary/aromatic N) is 2. The van der Waals surface area contributed by atoms with Crippen LogP contribution in [0.2, 0.25) is 0 Å². The highest BCUT2D eigenvalue weighted by atomic mass is 15.3. The van der Waals surface area contributed by atoms with Crippen molar-refractivity contribution < 1.29 is 0 Å². The van der Waals surface area contributed by atoms with E-state index in [0.29, 0.717) is 0 Å². The van der Waals surface area contributed by atoms with Gasteiger partial charge in [-0.1, -0.05) is 18.2 Å². The molecular weight excluding hydrogens is 210 g/mol. The fourth-order valence-corrected chi connectivity index (χ4v) is 2.85. The Labute approximate surface area is 103 Å². The van der Waals surface area contributed by atoms with Crippen LogP contribution in [0.5, 0.6) is 0 Å². The molecule has 0 bridgehead atoms. The number of benzene rings is 1. The minimum Gasteiger partial charge on any atom is -0.358 e. The Hall–Kier alpha value is -1.06. The Bertz CT molecular complexity index is 371. The molecule has 1 aromatic carbocycles. The number of hydrogen-bond donors (Lipinski definition) is 1. The summed E-state index contributed by atoms with van der Waals surface area (Å²) < 4.78 is 0. The van der Waals surface area contributed by atoms with E-state index in [9.17, 15) is 0 Å². The van der Waals surface area contributed by atoms with Gasteiger partial charge in [0.1, 0.15) is 0 Å². The van der Waals surface area contributed by atoms with Gasteiger partial charge in [0.05, 0.1) is 6.67 Å². The number of fused-ring (bicyclic) bond motifs is 1. The molecule has 0 aliphatic carbocycles. The van der Waals surface area contributed by atoms with Gasteiger partial charge in [-0.15, -0.1) is 0 Å². The van der Waals surface area contributed by atoms with Gasteiger partial charge >= 0.3 is 0 Å². The van der Waals surface area contributed by atoms with E-state index in [2.05, 4.69) is 39.4 Å². The van der Waals surface area contributed by atoms with E-state index < -0.39 is 0 Å². The second kappa shape index (κ2) is 5.07. The van der Waals surface area contributed by atoms with E-state index in [1.807, 2.05) is 0 Å². The van der Waals surface area contributed by atoms with Gasteiger partial charge in [-0.25, -0.2) is 0 Å². The molecule has 17 heavy (non-hydrogen) atoms. The quantitative estimate of drug-likeness (QED) is 0.828. The van der Waals surface area contributed by atoms with E-state index in [4.69, 9.17) is 0 Å². The lowest BCUT2D eigenvalue weighted by Gasteiger charge is -2.37. The van der Waals surface area contributed by atoms with Crippen LogP contribution in [0.4, 0.5) is 5.69 Å². The van der Waals surface area contributed by atoms with E-state index in [-0.39, 0.29) is 0 Å². The topological polar surface area (TPSA) is 18.5 Å². The zero-order valence-corrected chi connectivity index (χ0v) is 10.4. The van der Waals surface area contributed by atoms with Gasteiger partial charge in [-0.2, -0.15) is 0 Å². The number of rotatable bonds is 2. The Morgan fingerprint density at radius 1 is 1.06 bits per heavy atom. The van der Waals surface area contributed by atoms with Gasteiger partial charge < -0.3 is 10.2 Å². The van der Waals surface area contributed by atoms with Gasteiger partial charge in [-0.3, -0.25) is 4.90 Å². The molecule has 0 amide bonds. The van der Waals surface area contributed by atoms with Crippen LogP contribution in [0.25, 0.3) is 0 Å². The van der Waals surface area contributed by atoms with Gasteiger partial charge in [0, 0.05) is 38.4 Å². The standard InChI is InChI=1S/C14H21N3/c1-2-6-14-13(4-1)5-3-9-17(14)12-16-10-7-15-8-11-16/h1-2,4,6,15H,3,5,7-12H2. The predicted molar refractivity (Wildman–Crippen MR) is 71.4 cm³/mol. The minimum absolute atomic E-state index is 1.10. The van der Waals surface area contributed by atoms with Crippen molar-refractivity contribution in [1.29, 1.82) is 0 Å². The van der Waals surface area contributed by atoms with Crippen LogP contribution >= 0.6 is 0 Å². The van der Waals surface area contributed by atoms with Gasteiger partial charge in [0.2, 0.25) is 0 Å². The lowest BCUT2D eigenvalue weighted by molar-refractivity contribution is 0.239. The number of hydrogen-bond acceptors (Lipinski definition) is 3. The Kier molecular flexibility index (Phi) is 3.29. The fraction of sp³-hybridized carbons (Fsp3) is 0.571. The van der Waals surface area contributed by atoms with E-state index in [1.54, 1.807) is 0 Å². The second-order valence-corrected chi connectivity index (χ2v) is 5.01. The van der Waals surface area contributed by atoms with Crippen molar-refractivity contribution in [2.45, 2.75) is 12.8 Å². The van der Waals surface area contributed by atoms with Gasteiger partial charge in [-0.05, 0) is 24.5 Å². The highest BCUT2D eigenvalue weighted by Gasteiger charge is 2.19. The van der Waals surface area contributed by atoms with Crippen molar-refractivity contribution >= 4 is 5.69 Å². The number of para-hydroxylation sites is 1. The van der Waals surface area contributed by atoms with Crippen molar-refractivity contribution in [1.82, 2.24) is 10.2 Å². The van der Waals surface area contributed by atoms with Crippen molar-refractivity contribution in [3.63, 3.8) is 0 Å². The smallest absolute Gasteiger partial charge is 0.0708 e. The maximum absolute atomic E-state index is 3.41. The number of aryl methyl sites for hydroxylation is 1. The Morgan fingerprint density at radius 3 is 2.76 bits per heavy atom. The highest BCUT2D eigenvalue weighted by molar-refractivity contribution is 5.55. The monoisotopic (exact) mass is 231 g/mol. The lowest BCUT2D eigenvalue weighted by Crippen LogP contribution is -2.49. The first-order valence-corrected chi connectivity index (χ1v) is 6.69. The summed E-state index contributed by atoms with van der Waals surface area (Å²) >= 11 is 0. The van der Waals surface area contributed by atoms with Crippen molar-refractivity contribution in [3.8, 4) is 0 Å². The van der Waals surface area contributed by atoms with Crippen molar-refractivity contribution in [2.75, 3.05) is 44.3 Å². The molecule has 3 heteroatoms. The summed E-state index contributed by atoms with van der Waals surface area (Å²) in [6.45, 7) is 6.93. The average molecular weight is 231 g/mol. The molecule has 0 aromatic heterocycles. The van der Waals surface area contributed by atoms with Crippen molar-refractivity contribution in [2.24, 2.45) is 0 Å². The molecule has 1 aromatic rings. The van der Waals surface area contributed by atoms with Crippen LogP contribution in [0.1, 0.15) is 12.0 Å². The average Bonchev–Trinajstić information content (AvgIpc) is 2.40. The third-order valence-corrected chi connectivity index (χ3v) is 3.79. The van der Waals surface area contributed by atoms with Crippen LogP contribution in [0.15, 0.2) is 24.3 Å². The maximum Gasteiger partial charge on any atom is 0.0708 e. The zero-order chi connectivity index (χ0) is 11.5. The summed E-state index contributed by atoms with van der Waals surface area (Å²) in [5.41, 5.74) is 2.98. The molecule has 0 spiro atoms. The number of piperazine rings is 1. The summed E-state index contributed by atoms with van der Waals surface area (Å²) in [7, 11) is 0. The largest absolute Gasteiger partial charge is 0.358 e. The summed E-state index contributed by atoms with van der Waals surface area (Å²) in [5.74, 6) is 0. The first-order valence-electron chi connectivity index (χ1n) is 6.69. The first kappa shape index (κ1) is 11.1. The summed E-state index contributed by atoms with van der Waals surface area (Å²) in [5, 5.41) is 3.41. The Balaban J connectivity index is 1.71. The predicted octanol–water partition coefficient (Wildman–Crippen LogP) is 1.30. The summed E-state index contributed by atoms with van der Waals surface area (Å²) in [4.78, 5) is 5.10. The molecule has 2 heterocycles. The number of nitrogens with one attached hydrogen (secondary N) is 1. The zero-order valence-electron chi connectivity index (χ0n) is 10.4. The van der Waals surface area contributed by atoms with Crippen LogP contribution in [-0.2, 0) is 6.42 Å². The Morgan fingerprint density at radius 2 is 1.88 bits per heavy atom. The van der Waals surface area contributed by atoms with Crippen LogP contribution in [0.3, 0.4) is 0 Å². The summed E-state index contributed by atoms with van der Waals surface area (Å²) in [6, 6.07) is 8.87. The van der Waals surface area contributed by atoms with Crippen LogP contribution in [-0.4, -0.2) is 44.3 Å². The van der Waals surface area contributed by atoms with Crippen molar-refractivity contribution in [3.05, 3.63) is 29.8 Å². The third-order valence-electron chi connectivity index (χ3n) is 3.79. The van der Waals surface area contributed by atoms with Gasteiger partial charge in [0.15, 0.2) is 0 Å². The van der Waals surface area contributed by atoms with E-state index >= 15 is 0 Å². The minimum atomic E-state index is 1.10. The molecule has 1 saturated heterocycles. The van der Waals surface area contributed by atoms with Crippen LogP contribution < -0.4 is 10.2 Å². The molecular formula is C14H21N3. The normalized spacial score (nSPS) is 21.3. The maximum atomic E-state index is 3.41. The first-order chi connectivity index (χ1) is 8.43. The molecule has 2 aliphatic heterocycles. The fourth-order valence-electron chi connectivity index (χ4n) is 2.85. The molecule has 0 atom stereocenters. The molecule has 3 nitrogen and oxygen atoms in total. The van der Waals surface area contributed by atoms with E-state index in [1.165, 1.54) is 43.7 Å². The van der Waals surface area contributed by atoms with Crippen LogP contribution in [0, 0.1) is 0 Å². The molecule has 0 saturated carbocycles. The van der Waals surface area contributed by atoms with Gasteiger partial charge in [0.25, 0.3) is 0 Å². The SMILES string of the molecule is c1ccc2c(c1)CCCN2CN1CCNCC1. The molecule has 3 rings (SSSR count). The molecule has 92 valence electrons. The molecule has 0 radical (unpaired) electrons. The van der Waals surface area contributed by atoms with E-state index in [0.717, 1.165) is 19.8 Å².